The zero-order valence-electron chi connectivity index (χ0n) is 25.7. The molecule has 2 aromatic rings. The van der Waals surface area contributed by atoms with E-state index in [0.717, 1.165) is 22.3 Å². The highest BCUT2D eigenvalue weighted by Crippen LogP contribution is 2.37. The summed E-state index contributed by atoms with van der Waals surface area (Å²) in [5.41, 5.74) is 4.47. The molecule has 0 fully saturated rings. The Balaban J connectivity index is 2.28. The number of ether oxygens (including phenoxy) is 4. The van der Waals surface area contributed by atoms with Crippen molar-refractivity contribution in [1.29, 1.82) is 0 Å². The van der Waals surface area contributed by atoms with E-state index >= 15 is 0 Å². The molecule has 0 bridgehead atoms. The first-order chi connectivity index (χ1) is 19.3. The molecule has 0 spiro atoms. The van der Waals surface area contributed by atoms with Crippen LogP contribution in [0, 0.1) is 0 Å². The molecular formula is C35H44O6. The van der Waals surface area contributed by atoms with Crippen LogP contribution in [0.4, 0.5) is 0 Å². The first-order valence-electron chi connectivity index (χ1n) is 13.8. The van der Waals surface area contributed by atoms with Gasteiger partial charge in [0, 0.05) is 27.7 Å². The van der Waals surface area contributed by atoms with Gasteiger partial charge in [0.25, 0.3) is 0 Å². The van der Waals surface area contributed by atoms with Crippen LogP contribution in [0.15, 0.2) is 72.9 Å². The Morgan fingerprint density at radius 2 is 1.12 bits per heavy atom. The van der Waals surface area contributed by atoms with Crippen LogP contribution >= 0.6 is 0 Å². The molecule has 0 aromatic heterocycles. The second-order valence-electron chi connectivity index (χ2n) is 10.7. The number of rotatable bonds is 14. The van der Waals surface area contributed by atoms with Gasteiger partial charge in [-0.3, -0.25) is 0 Å². The lowest BCUT2D eigenvalue weighted by molar-refractivity contribution is -0.145. The summed E-state index contributed by atoms with van der Waals surface area (Å²) in [6, 6.07) is 12.3. The summed E-state index contributed by atoms with van der Waals surface area (Å²) in [5, 5.41) is 0. The average molecular weight is 561 g/mol. The maximum Gasteiger partial charge on any atom is 0.333 e. The van der Waals surface area contributed by atoms with Crippen molar-refractivity contribution in [2.45, 2.75) is 73.0 Å². The lowest BCUT2D eigenvalue weighted by Gasteiger charge is -2.28. The van der Waals surface area contributed by atoms with E-state index in [4.69, 9.17) is 18.9 Å². The molecule has 0 saturated carbocycles. The molecule has 2 unspecified atom stereocenters. The molecule has 41 heavy (non-hydrogen) atoms. The Labute approximate surface area is 245 Å². The smallest absolute Gasteiger partial charge is 0.333 e. The lowest BCUT2D eigenvalue weighted by Crippen LogP contribution is -2.23. The van der Waals surface area contributed by atoms with Gasteiger partial charge in [0.2, 0.25) is 0 Å². The van der Waals surface area contributed by atoms with Crippen molar-refractivity contribution in [3.05, 3.63) is 95.1 Å². The summed E-state index contributed by atoms with van der Waals surface area (Å²) < 4.78 is 22.8. The minimum absolute atomic E-state index is 0.228. The quantitative estimate of drug-likeness (QED) is 0.173. The number of carbonyl (C=O) groups excluding carboxylic acids is 2. The summed E-state index contributed by atoms with van der Waals surface area (Å²) in [7, 11) is 0. The molecule has 2 aromatic carbocycles. The van der Waals surface area contributed by atoms with E-state index in [1.807, 2.05) is 50.3 Å². The molecule has 2 rings (SSSR count). The molecular weight excluding hydrogens is 516 g/mol. The highest BCUT2D eigenvalue weighted by molar-refractivity contribution is 5.87. The molecule has 0 N–H and O–H groups in total. The molecule has 0 aliphatic heterocycles. The maximum absolute atomic E-state index is 11.8. The molecule has 0 aliphatic rings. The van der Waals surface area contributed by atoms with Crippen molar-refractivity contribution in [3.8, 4) is 11.5 Å². The van der Waals surface area contributed by atoms with Gasteiger partial charge in [-0.05, 0) is 76.9 Å². The fourth-order valence-electron chi connectivity index (χ4n) is 3.97. The fraction of sp³-hybridized carbons (Fsp3) is 0.371. The van der Waals surface area contributed by atoms with Crippen LogP contribution in [0.1, 0.15) is 77.6 Å². The molecule has 0 radical (unpaired) electrons. The lowest BCUT2D eigenvalue weighted by atomic mass is 9.77. The predicted octanol–water partition coefficient (Wildman–Crippen LogP) is 7.85. The average Bonchev–Trinajstić information content (AvgIpc) is 2.91. The first kappa shape index (κ1) is 33.1. The van der Waals surface area contributed by atoms with E-state index in [2.05, 4.69) is 51.3 Å². The van der Waals surface area contributed by atoms with Gasteiger partial charge in [0.1, 0.15) is 36.9 Å². The van der Waals surface area contributed by atoms with Crippen molar-refractivity contribution < 1.29 is 28.5 Å². The van der Waals surface area contributed by atoms with E-state index in [1.165, 1.54) is 0 Å². The zero-order valence-corrected chi connectivity index (χ0v) is 25.7. The van der Waals surface area contributed by atoms with Crippen LogP contribution in [0.5, 0.6) is 11.5 Å². The van der Waals surface area contributed by atoms with Gasteiger partial charge in [-0.25, -0.2) is 9.59 Å². The molecule has 0 saturated heterocycles. The standard InChI is InChI=1S/C35H44O6/c1-11-13-27-19-29(15-17-31(27)38-21-25(7)40-33(36)23(3)4)35(9,10)30-16-18-32(28(20-30)14-12-2)39-22-26(8)41-34(37)24(5)6/h11-20,25-26H,3,5,21-22H2,1-2,4,6-10H3/b13-11-,14-12-. The summed E-state index contributed by atoms with van der Waals surface area (Å²) >= 11 is 0. The summed E-state index contributed by atoms with van der Waals surface area (Å²) in [5.74, 6) is 0.559. The van der Waals surface area contributed by atoms with Crippen molar-refractivity contribution in [3.63, 3.8) is 0 Å². The number of benzene rings is 2. The number of esters is 2. The third-order valence-corrected chi connectivity index (χ3v) is 6.42. The Hall–Kier alpha value is -4.06. The Morgan fingerprint density at radius 1 is 0.756 bits per heavy atom. The monoisotopic (exact) mass is 560 g/mol. The van der Waals surface area contributed by atoms with E-state index in [9.17, 15) is 9.59 Å². The third kappa shape index (κ3) is 9.52. The van der Waals surface area contributed by atoms with Crippen LogP contribution in [0.2, 0.25) is 0 Å². The summed E-state index contributed by atoms with van der Waals surface area (Å²) in [6.07, 6.45) is 7.11. The second kappa shape index (κ2) is 15.1. The van der Waals surface area contributed by atoms with Gasteiger partial charge in [0.05, 0.1) is 0 Å². The molecule has 2 atom stereocenters. The SMILES string of the molecule is C=C(C)C(=O)OC(C)COc1ccc(C(C)(C)c2ccc(OCC(C)OC(=O)C(=C)C)c(/C=C\C)c2)cc1/C=C\C. The highest BCUT2D eigenvalue weighted by Gasteiger charge is 2.25. The van der Waals surface area contributed by atoms with E-state index in [-0.39, 0.29) is 18.6 Å². The minimum atomic E-state index is -0.429. The fourth-order valence-corrected chi connectivity index (χ4v) is 3.97. The van der Waals surface area contributed by atoms with Crippen LogP contribution < -0.4 is 9.47 Å². The van der Waals surface area contributed by atoms with E-state index < -0.39 is 24.1 Å². The molecule has 0 aliphatic carbocycles. The number of carbonyl (C=O) groups is 2. The van der Waals surface area contributed by atoms with Gasteiger partial charge in [0.15, 0.2) is 0 Å². The third-order valence-electron chi connectivity index (χ3n) is 6.42. The van der Waals surface area contributed by atoms with Crippen molar-refractivity contribution in [2.24, 2.45) is 0 Å². The van der Waals surface area contributed by atoms with Crippen LogP contribution in [0.3, 0.4) is 0 Å². The molecule has 220 valence electrons. The normalized spacial score (nSPS) is 13.1. The Morgan fingerprint density at radius 3 is 1.44 bits per heavy atom. The van der Waals surface area contributed by atoms with E-state index in [0.29, 0.717) is 22.6 Å². The largest absolute Gasteiger partial charge is 0.489 e. The van der Waals surface area contributed by atoms with Gasteiger partial charge < -0.3 is 18.9 Å². The highest BCUT2D eigenvalue weighted by atomic mass is 16.6. The van der Waals surface area contributed by atoms with Gasteiger partial charge in [-0.1, -0.05) is 63.4 Å². The topological polar surface area (TPSA) is 71.1 Å². The predicted molar refractivity (Wildman–Crippen MR) is 166 cm³/mol. The summed E-state index contributed by atoms with van der Waals surface area (Å²) in [4.78, 5) is 23.6. The summed E-state index contributed by atoms with van der Waals surface area (Å²) in [6.45, 7) is 22.8. The molecule has 0 amide bonds. The van der Waals surface area contributed by atoms with Crippen LogP contribution in [-0.2, 0) is 24.5 Å². The van der Waals surface area contributed by atoms with E-state index in [1.54, 1.807) is 27.7 Å². The van der Waals surface area contributed by atoms with Crippen LogP contribution in [-0.4, -0.2) is 37.4 Å². The number of allylic oxidation sites excluding steroid dienone is 2. The molecule has 6 nitrogen and oxygen atoms in total. The Bertz CT molecular complexity index is 1210. The number of hydrogen-bond acceptors (Lipinski definition) is 6. The first-order valence-corrected chi connectivity index (χ1v) is 13.8. The van der Waals surface area contributed by atoms with Crippen molar-refractivity contribution in [2.75, 3.05) is 13.2 Å². The minimum Gasteiger partial charge on any atom is -0.489 e. The van der Waals surface area contributed by atoms with Crippen molar-refractivity contribution >= 4 is 24.1 Å². The van der Waals surface area contributed by atoms with Crippen molar-refractivity contribution in [1.82, 2.24) is 0 Å². The van der Waals surface area contributed by atoms with Crippen LogP contribution in [0.25, 0.3) is 12.2 Å². The number of hydrogen-bond donors (Lipinski definition) is 0. The van der Waals surface area contributed by atoms with Gasteiger partial charge in [-0.2, -0.15) is 0 Å². The molecule has 6 heteroatoms. The maximum atomic E-state index is 11.8. The van der Waals surface area contributed by atoms with Gasteiger partial charge >= 0.3 is 11.9 Å². The Kier molecular flexibility index (Phi) is 12.2. The zero-order chi connectivity index (χ0) is 30.7. The molecule has 0 heterocycles. The second-order valence-corrected chi connectivity index (χ2v) is 10.7. The van der Waals surface area contributed by atoms with Gasteiger partial charge in [-0.15, -0.1) is 0 Å².